The number of carbonyl (C=O) groups is 3. The smallest absolute Gasteiger partial charge is 0.270 e. The molecule has 33 heavy (non-hydrogen) atoms. The van der Waals surface area contributed by atoms with Gasteiger partial charge in [-0.05, 0) is 36.2 Å². The molecule has 0 atom stereocenters. The Kier molecular flexibility index (Phi) is 6.11. The first-order valence-corrected chi connectivity index (χ1v) is 10.8. The molecule has 0 unspecified atom stereocenters. The Morgan fingerprint density at radius 1 is 1.06 bits per heavy atom. The number of imide groups is 1. The number of hydrogen-bond donors (Lipinski definition) is 0. The first kappa shape index (κ1) is 22.4. The van der Waals surface area contributed by atoms with Crippen molar-refractivity contribution in [3.05, 3.63) is 92.2 Å². The third-order valence-corrected chi connectivity index (χ3v) is 5.98. The Balaban J connectivity index is 1.87. The fourth-order valence-corrected chi connectivity index (χ4v) is 4.11. The largest absolute Gasteiger partial charge is 0.318 e. The van der Waals surface area contributed by atoms with E-state index in [4.69, 9.17) is 11.6 Å². The van der Waals surface area contributed by atoms with Crippen LogP contribution in [-0.2, 0) is 22.6 Å². The maximum absolute atomic E-state index is 13.4. The maximum atomic E-state index is 13.4. The summed E-state index contributed by atoms with van der Waals surface area (Å²) in [6, 6.07) is 12.4. The zero-order valence-corrected chi connectivity index (χ0v) is 18.5. The van der Waals surface area contributed by atoms with Crippen molar-refractivity contribution >= 4 is 34.9 Å². The second-order valence-corrected chi connectivity index (χ2v) is 8.11. The highest BCUT2D eigenvalue weighted by atomic mass is 35.5. The summed E-state index contributed by atoms with van der Waals surface area (Å²) < 4.78 is 1.71. The number of benzene rings is 2. The van der Waals surface area contributed by atoms with Crippen LogP contribution in [0, 0.1) is 10.1 Å². The molecule has 1 aliphatic rings. The number of aromatic nitrogens is 1. The van der Waals surface area contributed by atoms with Crippen molar-refractivity contribution < 1.29 is 19.3 Å². The van der Waals surface area contributed by atoms with Crippen molar-refractivity contribution in [3.8, 4) is 5.69 Å². The van der Waals surface area contributed by atoms with E-state index in [1.54, 1.807) is 28.8 Å². The average Bonchev–Trinajstić information content (AvgIpc) is 3.36. The van der Waals surface area contributed by atoms with Crippen LogP contribution in [0.1, 0.15) is 46.9 Å². The van der Waals surface area contributed by atoms with Gasteiger partial charge < -0.3 is 4.57 Å². The van der Waals surface area contributed by atoms with E-state index in [1.165, 1.54) is 23.1 Å². The third-order valence-electron chi connectivity index (χ3n) is 5.65. The number of nitro benzene ring substituents is 1. The molecule has 0 aliphatic carbocycles. The fourth-order valence-electron chi connectivity index (χ4n) is 3.89. The Morgan fingerprint density at radius 2 is 1.76 bits per heavy atom. The van der Waals surface area contributed by atoms with Gasteiger partial charge in [0.15, 0.2) is 5.78 Å². The lowest BCUT2D eigenvalue weighted by atomic mass is 10.0. The van der Waals surface area contributed by atoms with Crippen molar-refractivity contribution in [3.63, 3.8) is 0 Å². The molecule has 1 aromatic heterocycles. The lowest BCUT2D eigenvalue weighted by Crippen LogP contribution is -2.29. The highest BCUT2D eigenvalue weighted by Gasteiger charge is 2.30. The molecule has 0 bridgehead atoms. The normalized spacial score (nSPS) is 13.6. The van der Waals surface area contributed by atoms with E-state index in [-0.39, 0.29) is 53.0 Å². The zero-order chi connectivity index (χ0) is 23.7. The van der Waals surface area contributed by atoms with E-state index in [2.05, 4.69) is 0 Å². The number of likely N-dealkylation sites (tertiary alicyclic amines) is 1. The number of ketones is 1. The van der Waals surface area contributed by atoms with Gasteiger partial charge in [0, 0.05) is 42.4 Å². The van der Waals surface area contributed by atoms with E-state index < -0.39 is 10.7 Å². The van der Waals surface area contributed by atoms with Gasteiger partial charge >= 0.3 is 0 Å². The number of amides is 2. The number of aryl methyl sites for hydroxylation is 1. The monoisotopic (exact) mass is 465 g/mol. The van der Waals surface area contributed by atoms with Crippen LogP contribution in [0.5, 0.6) is 0 Å². The summed E-state index contributed by atoms with van der Waals surface area (Å²) >= 11 is 6.23. The van der Waals surface area contributed by atoms with Crippen molar-refractivity contribution in [2.24, 2.45) is 0 Å². The molecule has 0 radical (unpaired) electrons. The summed E-state index contributed by atoms with van der Waals surface area (Å²) in [4.78, 5) is 49.9. The van der Waals surface area contributed by atoms with E-state index in [0.717, 1.165) is 5.56 Å². The Bertz CT molecular complexity index is 1280. The second kappa shape index (κ2) is 8.99. The lowest BCUT2D eigenvalue weighted by molar-refractivity contribution is -0.384. The average molecular weight is 466 g/mol. The highest BCUT2D eigenvalue weighted by molar-refractivity contribution is 6.35. The van der Waals surface area contributed by atoms with Crippen LogP contribution in [0.2, 0.25) is 5.02 Å². The molecule has 1 fully saturated rings. The molecule has 8 nitrogen and oxygen atoms in total. The molecule has 0 spiro atoms. The lowest BCUT2D eigenvalue weighted by Gasteiger charge is -2.18. The van der Waals surface area contributed by atoms with Crippen molar-refractivity contribution in [1.82, 2.24) is 9.47 Å². The summed E-state index contributed by atoms with van der Waals surface area (Å²) in [5.41, 5.74) is 2.03. The van der Waals surface area contributed by atoms with E-state index in [0.29, 0.717) is 17.8 Å². The number of nitrogens with zero attached hydrogens (tertiary/aromatic N) is 3. The molecule has 9 heteroatoms. The van der Waals surface area contributed by atoms with Gasteiger partial charge in [-0.3, -0.25) is 29.4 Å². The quantitative estimate of drug-likeness (QED) is 0.221. The molecule has 3 aromatic rings. The van der Waals surface area contributed by atoms with Crippen LogP contribution in [0.4, 0.5) is 5.69 Å². The standard InChI is InChI=1S/C24H20ClN3O5/c1-2-15-11-17(14-27-22(29)9-10-23(27)30)26(13-15)21-8-7-16(28(32)33)12-19(21)24(31)18-5-3-4-6-20(18)25/h3-8,11-13H,2,9-10,14H2,1H3. The van der Waals surface area contributed by atoms with E-state index in [1.807, 2.05) is 19.2 Å². The number of non-ortho nitro benzene ring substituents is 1. The molecule has 1 saturated heterocycles. The summed E-state index contributed by atoms with van der Waals surface area (Å²) in [6.45, 7) is 2.01. The zero-order valence-electron chi connectivity index (χ0n) is 17.8. The summed E-state index contributed by atoms with van der Waals surface area (Å²) in [5, 5.41) is 11.7. The molecule has 4 rings (SSSR count). The van der Waals surface area contributed by atoms with Crippen LogP contribution in [0.3, 0.4) is 0 Å². The van der Waals surface area contributed by atoms with Gasteiger partial charge in [0.2, 0.25) is 11.8 Å². The Hall–Kier alpha value is -3.78. The number of rotatable bonds is 7. The highest BCUT2D eigenvalue weighted by Crippen LogP contribution is 2.29. The predicted molar refractivity (Wildman–Crippen MR) is 121 cm³/mol. The number of carbonyl (C=O) groups excluding carboxylic acids is 3. The van der Waals surface area contributed by atoms with Gasteiger partial charge in [0.1, 0.15) is 0 Å². The van der Waals surface area contributed by atoms with Gasteiger partial charge in [-0.1, -0.05) is 30.7 Å². The maximum Gasteiger partial charge on any atom is 0.270 e. The van der Waals surface area contributed by atoms with Crippen LogP contribution < -0.4 is 0 Å². The van der Waals surface area contributed by atoms with Crippen LogP contribution in [0.15, 0.2) is 54.7 Å². The molecule has 2 aromatic carbocycles. The molecule has 0 N–H and O–H groups in total. The Labute approximate surface area is 194 Å². The molecular formula is C24H20ClN3O5. The van der Waals surface area contributed by atoms with E-state index in [9.17, 15) is 24.5 Å². The van der Waals surface area contributed by atoms with Crippen molar-refractivity contribution in [2.75, 3.05) is 0 Å². The number of hydrogen-bond acceptors (Lipinski definition) is 5. The summed E-state index contributed by atoms with van der Waals surface area (Å²) in [7, 11) is 0. The SMILES string of the molecule is CCc1cc(CN2C(=O)CCC2=O)n(-c2ccc([N+](=O)[O-])cc2C(=O)c2ccccc2Cl)c1. The van der Waals surface area contributed by atoms with Gasteiger partial charge in [0.05, 0.1) is 27.7 Å². The van der Waals surface area contributed by atoms with Gasteiger partial charge in [-0.2, -0.15) is 0 Å². The van der Waals surface area contributed by atoms with Gasteiger partial charge in [-0.25, -0.2) is 0 Å². The molecule has 1 aliphatic heterocycles. The van der Waals surface area contributed by atoms with Gasteiger partial charge in [0.25, 0.3) is 5.69 Å². The Morgan fingerprint density at radius 3 is 2.39 bits per heavy atom. The minimum atomic E-state index is -0.567. The predicted octanol–water partition coefficient (Wildman–Crippen LogP) is 4.48. The number of nitro groups is 1. The molecule has 168 valence electrons. The second-order valence-electron chi connectivity index (χ2n) is 7.70. The molecule has 2 heterocycles. The molecule has 0 saturated carbocycles. The minimum Gasteiger partial charge on any atom is -0.318 e. The van der Waals surface area contributed by atoms with E-state index >= 15 is 0 Å². The molecular weight excluding hydrogens is 446 g/mol. The minimum absolute atomic E-state index is 0.0500. The van der Waals surface area contributed by atoms with Crippen molar-refractivity contribution in [2.45, 2.75) is 32.7 Å². The third kappa shape index (κ3) is 4.29. The first-order chi connectivity index (χ1) is 15.8. The van der Waals surface area contributed by atoms with Crippen LogP contribution in [0.25, 0.3) is 5.69 Å². The fraction of sp³-hybridized carbons (Fsp3) is 0.208. The van der Waals surface area contributed by atoms with Crippen LogP contribution >= 0.6 is 11.6 Å². The van der Waals surface area contributed by atoms with Crippen molar-refractivity contribution in [1.29, 1.82) is 0 Å². The number of halogens is 1. The summed E-state index contributed by atoms with van der Waals surface area (Å²) in [6.07, 6.45) is 2.84. The summed E-state index contributed by atoms with van der Waals surface area (Å²) in [5.74, 6) is -0.964. The molecule has 2 amide bonds. The topological polar surface area (TPSA) is 103 Å². The van der Waals surface area contributed by atoms with Crippen LogP contribution in [-0.4, -0.2) is 32.0 Å². The van der Waals surface area contributed by atoms with Gasteiger partial charge in [-0.15, -0.1) is 0 Å². The first-order valence-electron chi connectivity index (χ1n) is 10.4.